The van der Waals surface area contributed by atoms with Gasteiger partial charge in [0.2, 0.25) is 0 Å². The van der Waals surface area contributed by atoms with Crippen LogP contribution in [0.3, 0.4) is 0 Å². The monoisotopic (exact) mass is 1060 g/mol. The van der Waals surface area contributed by atoms with Crippen molar-refractivity contribution >= 4 is 19.7 Å². The summed E-state index contributed by atoms with van der Waals surface area (Å²) in [6.07, 6.45) is 7.12. The third-order valence-corrected chi connectivity index (χ3v) is 15.4. The summed E-state index contributed by atoms with van der Waals surface area (Å²) in [5.74, 6) is 1.42. The highest BCUT2D eigenvalue weighted by molar-refractivity contribution is 7.91. The van der Waals surface area contributed by atoms with Crippen molar-refractivity contribution in [1.82, 2.24) is 59.4 Å². The molecule has 0 saturated carbocycles. The van der Waals surface area contributed by atoms with E-state index in [0.29, 0.717) is 57.3 Å². The van der Waals surface area contributed by atoms with Crippen LogP contribution in [0.4, 0.5) is 8.78 Å². The van der Waals surface area contributed by atoms with Gasteiger partial charge in [0.1, 0.15) is 80.4 Å². The van der Waals surface area contributed by atoms with E-state index in [1.807, 2.05) is 0 Å². The van der Waals surface area contributed by atoms with Crippen LogP contribution in [0, 0.1) is 11.6 Å². The topological polar surface area (TPSA) is 262 Å². The first-order valence-corrected chi connectivity index (χ1v) is 25.7. The molecule has 388 valence electrons. The number of nitrogens with zero attached hydrogens (tertiary/aromatic N) is 12. The number of hydrogen-bond donors (Lipinski definition) is 0. The Morgan fingerprint density at radius 3 is 1.08 bits per heavy atom. The molecule has 0 aliphatic heterocycles. The van der Waals surface area contributed by atoms with Crippen molar-refractivity contribution in [1.29, 1.82) is 0 Å². The summed E-state index contributed by atoms with van der Waals surface area (Å²) in [5.41, 5.74) is 1.50. The van der Waals surface area contributed by atoms with Gasteiger partial charge < -0.3 is 28.4 Å². The summed E-state index contributed by atoms with van der Waals surface area (Å²) >= 11 is 0. The summed E-state index contributed by atoms with van der Waals surface area (Å²) in [6.45, 7) is 3.07. The number of methoxy groups -OCH3 is 6. The lowest BCUT2D eigenvalue weighted by atomic mass is 10.2. The zero-order valence-electron chi connectivity index (χ0n) is 41.2. The van der Waals surface area contributed by atoms with Crippen LogP contribution in [-0.2, 0) is 44.0 Å². The zero-order valence-corrected chi connectivity index (χ0v) is 42.9. The van der Waals surface area contributed by atoms with E-state index in [1.54, 1.807) is 82.2 Å². The number of pyridine rings is 2. The van der Waals surface area contributed by atoms with Crippen LogP contribution in [0.2, 0.25) is 0 Å². The van der Waals surface area contributed by atoms with Crippen molar-refractivity contribution in [2.24, 2.45) is 0 Å². The molecule has 0 amide bonds. The van der Waals surface area contributed by atoms with Gasteiger partial charge in [-0.25, -0.2) is 55.5 Å². The van der Waals surface area contributed by atoms with Gasteiger partial charge in [0.25, 0.3) is 0 Å². The maximum absolute atomic E-state index is 13.4. The van der Waals surface area contributed by atoms with E-state index in [-0.39, 0.29) is 47.8 Å². The molecule has 0 radical (unpaired) electrons. The molecule has 0 aliphatic carbocycles. The van der Waals surface area contributed by atoms with E-state index in [4.69, 9.17) is 28.4 Å². The lowest BCUT2D eigenvalue weighted by Crippen LogP contribution is -2.24. The van der Waals surface area contributed by atoms with Gasteiger partial charge in [-0.2, -0.15) is 0 Å². The molecular formula is C48H50F2N12O10S2. The number of para-hydroxylation sites is 2. The Kier molecular flexibility index (Phi) is 17.0. The highest BCUT2D eigenvalue weighted by Gasteiger charge is 2.32. The van der Waals surface area contributed by atoms with E-state index in [2.05, 4.69) is 50.3 Å². The first kappa shape index (κ1) is 53.5. The molecule has 0 N–H and O–H groups in total. The van der Waals surface area contributed by atoms with E-state index in [1.165, 1.54) is 56.5 Å². The Balaban J connectivity index is 0.000000216. The predicted molar refractivity (Wildman–Crippen MR) is 264 cm³/mol. The second kappa shape index (κ2) is 23.5. The highest BCUT2D eigenvalue weighted by atomic mass is 32.2. The van der Waals surface area contributed by atoms with E-state index in [9.17, 15) is 25.6 Å². The molecule has 6 aromatic heterocycles. The van der Waals surface area contributed by atoms with Gasteiger partial charge in [0, 0.05) is 25.2 Å². The second-order valence-corrected chi connectivity index (χ2v) is 20.8. The van der Waals surface area contributed by atoms with Gasteiger partial charge in [-0.1, -0.05) is 12.1 Å². The van der Waals surface area contributed by atoms with Gasteiger partial charge in [-0.05, 0) is 62.4 Å². The summed E-state index contributed by atoms with van der Waals surface area (Å²) < 4.78 is 116. The summed E-state index contributed by atoms with van der Waals surface area (Å²) in [6, 6.07) is 17.2. The number of ether oxygens (including phenoxy) is 6. The number of benzene rings is 2. The average molecular weight is 1060 g/mol. The molecule has 0 aliphatic rings. The summed E-state index contributed by atoms with van der Waals surface area (Å²) in [5, 5.41) is 15.2. The predicted octanol–water partition coefficient (Wildman–Crippen LogP) is 5.66. The van der Waals surface area contributed by atoms with Crippen LogP contribution in [0.25, 0.3) is 34.4 Å². The second-order valence-electron chi connectivity index (χ2n) is 16.0. The fourth-order valence-corrected chi connectivity index (χ4v) is 9.92. The minimum absolute atomic E-state index is 0.00431. The van der Waals surface area contributed by atoms with Crippen molar-refractivity contribution in [2.75, 3.05) is 42.7 Å². The molecule has 26 heteroatoms. The number of halogens is 2. The number of aromatic nitrogens is 12. The third kappa shape index (κ3) is 11.8. The molecular weight excluding hydrogens is 1010 g/mol. The maximum atomic E-state index is 13.4. The van der Waals surface area contributed by atoms with Crippen molar-refractivity contribution in [3.05, 3.63) is 133 Å². The largest absolute Gasteiger partial charge is 0.494 e. The molecule has 0 bridgehead atoms. The fraction of sp³-hybridized carbons (Fsp3) is 0.292. The number of rotatable bonds is 20. The lowest BCUT2D eigenvalue weighted by Gasteiger charge is -2.18. The maximum Gasteiger partial charge on any atom is 0.191 e. The van der Waals surface area contributed by atoms with Crippen molar-refractivity contribution in [2.45, 2.75) is 48.7 Å². The smallest absolute Gasteiger partial charge is 0.191 e. The van der Waals surface area contributed by atoms with Crippen molar-refractivity contribution < 1.29 is 54.0 Å². The van der Waals surface area contributed by atoms with Gasteiger partial charge >= 0.3 is 0 Å². The van der Waals surface area contributed by atoms with Gasteiger partial charge in [-0.3, -0.25) is 9.13 Å². The molecule has 2 atom stereocenters. The van der Waals surface area contributed by atoms with Gasteiger partial charge in [0.15, 0.2) is 54.6 Å². The fourth-order valence-electron chi connectivity index (χ4n) is 7.45. The quantitative estimate of drug-likeness (QED) is 0.0891. The number of sulfone groups is 2. The van der Waals surface area contributed by atoms with Crippen molar-refractivity contribution in [3.63, 3.8) is 0 Å². The highest BCUT2D eigenvalue weighted by Crippen LogP contribution is 2.40. The van der Waals surface area contributed by atoms with Crippen LogP contribution in [0.15, 0.2) is 97.8 Å². The molecule has 8 rings (SSSR count). The minimum atomic E-state index is -3.81. The Labute approximate surface area is 424 Å². The molecule has 6 heterocycles. The first-order chi connectivity index (χ1) is 35.6. The average Bonchev–Trinajstić information content (AvgIpc) is 4.01. The Morgan fingerprint density at radius 2 is 0.770 bits per heavy atom. The van der Waals surface area contributed by atoms with Crippen LogP contribution in [0.1, 0.15) is 37.1 Å². The van der Waals surface area contributed by atoms with Crippen LogP contribution in [0.5, 0.6) is 34.5 Å². The van der Waals surface area contributed by atoms with Gasteiger partial charge in [-0.15, -0.1) is 20.4 Å². The van der Waals surface area contributed by atoms with Gasteiger partial charge in [0.05, 0.1) is 77.9 Å². The lowest BCUT2D eigenvalue weighted by molar-refractivity contribution is 0.390. The molecule has 74 heavy (non-hydrogen) atoms. The molecule has 0 saturated heterocycles. The standard InChI is InChI=1S/2C24H25FN6O5S/c2*1-15(11-20-27-12-16(25)13-28-20)37(32,33)14-21-29-30-24(22-17(34-2)9-6-10-26-22)31(21)23-18(35-3)7-5-8-19(23)36-4/h2*5-10,12-13,15H,11,14H2,1-4H3. The normalized spacial score (nSPS) is 12.2. The Morgan fingerprint density at radius 1 is 0.459 bits per heavy atom. The van der Waals surface area contributed by atoms with Crippen LogP contribution >= 0.6 is 0 Å². The molecule has 2 aromatic carbocycles. The van der Waals surface area contributed by atoms with Crippen LogP contribution < -0.4 is 28.4 Å². The Bertz CT molecular complexity index is 3170. The molecule has 22 nitrogen and oxygen atoms in total. The zero-order chi connectivity index (χ0) is 53.2. The molecule has 8 aromatic rings. The number of hydrogen-bond acceptors (Lipinski definition) is 20. The third-order valence-electron chi connectivity index (χ3n) is 11.3. The summed E-state index contributed by atoms with van der Waals surface area (Å²) in [4.78, 5) is 24.3. The minimum Gasteiger partial charge on any atom is -0.494 e. The Hall–Kier alpha value is -8.26. The van der Waals surface area contributed by atoms with E-state index >= 15 is 0 Å². The molecule has 2 unspecified atom stereocenters. The van der Waals surface area contributed by atoms with Crippen LogP contribution in [-0.4, -0.2) is 129 Å². The molecule has 0 fully saturated rings. The van der Waals surface area contributed by atoms with E-state index < -0.39 is 53.3 Å². The van der Waals surface area contributed by atoms with E-state index in [0.717, 1.165) is 24.8 Å². The van der Waals surface area contributed by atoms with Crippen molar-refractivity contribution in [3.8, 4) is 68.9 Å². The summed E-state index contributed by atoms with van der Waals surface area (Å²) in [7, 11) is 1.34. The SMILES string of the molecule is COc1cccnc1-c1nnc(CS(=O)(=O)C(C)Cc2ncc(F)cn2)n1-c1c(OC)cccc1OC.COc1cccnc1-c1nnc(CS(=O)(=O)C(C)Cc2ncc(F)cn2)n1-c1c(OC)cccc1OC. The molecule has 0 spiro atoms. The first-order valence-electron chi connectivity index (χ1n) is 22.2.